The molecule has 3 N–H and O–H groups in total. The van der Waals surface area contributed by atoms with Crippen molar-refractivity contribution in [3.05, 3.63) is 0 Å². The quantitative estimate of drug-likeness (QED) is 0.195. The Morgan fingerprint density at radius 2 is 1.32 bits per heavy atom. The van der Waals surface area contributed by atoms with Gasteiger partial charge in [-0.2, -0.15) is 0 Å². The van der Waals surface area contributed by atoms with E-state index in [0.29, 0.717) is 6.42 Å². The van der Waals surface area contributed by atoms with Gasteiger partial charge < -0.3 is 20.1 Å². The number of hydrogen-bond acceptors (Lipinski definition) is 5. The highest BCUT2D eigenvalue weighted by Crippen LogP contribution is 2.19. The van der Waals surface area contributed by atoms with Crippen LogP contribution < -0.4 is 0 Å². The summed E-state index contributed by atoms with van der Waals surface area (Å²) in [6.45, 7) is 2.06. The number of aliphatic hydroxyl groups excluding tert-OH is 1. The first kappa shape index (κ1) is 23.9. The van der Waals surface area contributed by atoms with Gasteiger partial charge in [-0.3, -0.25) is 4.79 Å². The average molecular weight is 360 g/mol. The summed E-state index contributed by atoms with van der Waals surface area (Å²) < 4.78 is 4.14. The van der Waals surface area contributed by atoms with Crippen LogP contribution in [0.25, 0.3) is 0 Å². The summed E-state index contributed by atoms with van der Waals surface area (Å²) in [5.74, 6) is -4.61. The van der Waals surface area contributed by atoms with E-state index in [-0.39, 0.29) is 12.9 Å². The van der Waals surface area contributed by atoms with Crippen LogP contribution in [0.4, 0.5) is 0 Å². The largest absolute Gasteiger partial charge is 0.476 e. The monoisotopic (exact) mass is 360 g/mol. The van der Waals surface area contributed by atoms with E-state index in [1.807, 2.05) is 0 Å². The minimum absolute atomic E-state index is 0.0778. The summed E-state index contributed by atoms with van der Waals surface area (Å²) >= 11 is 0. The maximum absolute atomic E-state index is 10.9. The molecule has 0 saturated heterocycles. The van der Waals surface area contributed by atoms with Crippen molar-refractivity contribution in [1.29, 1.82) is 0 Å². The van der Waals surface area contributed by atoms with Crippen LogP contribution in [0.2, 0.25) is 0 Å². The maximum Gasteiger partial charge on any atom is 0.380 e. The highest BCUT2D eigenvalue weighted by molar-refractivity contribution is 5.77. The molecule has 0 bridgehead atoms. The summed E-state index contributed by atoms with van der Waals surface area (Å²) in [6.07, 6.45) is 13.8. The molecule has 2 atom stereocenters. The van der Waals surface area contributed by atoms with Crippen molar-refractivity contribution >= 4 is 12.4 Å². The SMILES string of the molecule is CCCCCCCCCCCCCCCC(O)C(O)(OC=O)C(=O)O. The smallest absolute Gasteiger partial charge is 0.380 e. The van der Waals surface area contributed by atoms with Crippen LogP contribution in [0.5, 0.6) is 0 Å². The van der Waals surface area contributed by atoms with Gasteiger partial charge in [0.2, 0.25) is 0 Å². The number of aliphatic carboxylic acids is 1. The zero-order valence-electron chi connectivity index (χ0n) is 15.6. The second-order valence-corrected chi connectivity index (χ2v) is 6.76. The average Bonchev–Trinajstić information content (AvgIpc) is 2.58. The molecule has 0 aliphatic heterocycles. The maximum atomic E-state index is 10.9. The minimum Gasteiger partial charge on any atom is -0.476 e. The zero-order valence-corrected chi connectivity index (χ0v) is 15.6. The molecule has 0 aromatic heterocycles. The van der Waals surface area contributed by atoms with Crippen LogP contribution in [-0.2, 0) is 14.3 Å². The van der Waals surface area contributed by atoms with Crippen molar-refractivity contribution in [3.8, 4) is 0 Å². The van der Waals surface area contributed by atoms with Crippen LogP contribution in [0.3, 0.4) is 0 Å². The van der Waals surface area contributed by atoms with Gasteiger partial charge in [-0.25, -0.2) is 4.79 Å². The van der Waals surface area contributed by atoms with Gasteiger partial charge in [-0.1, -0.05) is 90.4 Å². The number of carboxylic acid groups (broad SMARTS) is 1. The third-order valence-corrected chi connectivity index (χ3v) is 4.57. The molecular weight excluding hydrogens is 324 g/mol. The molecule has 0 aliphatic rings. The van der Waals surface area contributed by atoms with Crippen LogP contribution in [0.15, 0.2) is 0 Å². The molecule has 0 heterocycles. The predicted octanol–water partition coefficient (Wildman–Crippen LogP) is 3.77. The molecule has 25 heavy (non-hydrogen) atoms. The van der Waals surface area contributed by atoms with E-state index in [1.54, 1.807) is 0 Å². The fourth-order valence-corrected chi connectivity index (χ4v) is 2.90. The highest BCUT2D eigenvalue weighted by atomic mass is 16.7. The molecule has 2 unspecified atom stereocenters. The van der Waals surface area contributed by atoms with Crippen molar-refractivity contribution in [1.82, 2.24) is 0 Å². The fourth-order valence-electron chi connectivity index (χ4n) is 2.90. The van der Waals surface area contributed by atoms with Gasteiger partial charge in [0.1, 0.15) is 6.10 Å². The lowest BCUT2D eigenvalue weighted by Crippen LogP contribution is -2.51. The molecule has 0 amide bonds. The van der Waals surface area contributed by atoms with Gasteiger partial charge >= 0.3 is 11.8 Å². The molecule has 148 valence electrons. The normalized spacial score (nSPS) is 14.7. The molecule has 6 nitrogen and oxygen atoms in total. The molecular formula is C19H36O6. The molecule has 0 aromatic carbocycles. The van der Waals surface area contributed by atoms with Gasteiger partial charge in [0.25, 0.3) is 6.47 Å². The molecule has 6 heteroatoms. The molecule has 0 saturated carbocycles. The van der Waals surface area contributed by atoms with Gasteiger partial charge in [0.15, 0.2) is 0 Å². The van der Waals surface area contributed by atoms with E-state index in [1.165, 1.54) is 57.8 Å². The molecule has 0 spiro atoms. The van der Waals surface area contributed by atoms with Crippen LogP contribution in [-0.4, -0.2) is 39.7 Å². The van der Waals surface area contributed by atoms with Gasteiger partial charge in [-0.15, -0.1) is 0 Å². The fraction of sp³-hybridized carbons (Fsp3) is 0.895. The Bertz CT molecular complexity index is 347. The summed E-state index contributed by atoms with van der Waals surface area (Å²) in [5, 5.41) is 28.2. The second kappa shape index (κ2) is 15.1. The van der Waals surface area contributed by atoms with Crippen LogP contribution >= 0.6 is 0 Å². The zero-order chi connectivity index (χ0) is 19.0. The molecule has 0 aromatic rings. The highest BCUT2D eigenvalue weighted by Gasteiger charge is 2.46. The Labute approximate surface area is 151 Å². The van der Waals surface area contributed by atoms with Crippen molar-refractivity contribution < 1.29 is 29.6 Å². The summed E-state index contributed by atoms with van der Waals surface area (Å²) in [5.41, 5.74) is 0. The number of carbonyl (C=O) groups is 2. The topological polar surface area (TPSA) is 104 Å². The first-order valence-electron chi connectivity index (χ1n) is 9.74. The number of carboxylic acids is 1. The summed E-state index contributed by atoms with van der Waals surface area (Å²) in [7, 11) is 0. The van der Waals surface area contributed by atoms with Crippen LogP contribution in [0, 0.1) is 0 Å². The van der Waals surface area contributed by atoms with E-state index in [4.69, 9.17) is 5.11 Å². The van der Waals surface area contributed by atoms with Crippen LogP contribution in [0.1, 0.15) is 96.8 Å². The van der Waals surface area contributed by atoms with Crippen molar-refractivity contribution in [2.75, 3.05) is 0 Å². The molecule has 0 radical (unpaired) electrons. The second-order valence-electron chi connectivity index (χ2n) is 6.76. The number of carbonyl (C=O) groups excluding carboxylic acids is 1. The third-order valence-electron chi connectivity index (χ3n) is 4.57. The van der Waals surface area contributed by atoms with E-state index in [2.05, 4.69) is 11.7 Å². The van der Waals surface area contributed by atoms with E-state index < -0.39 is 17.9 Å². The number of ether oxygens (including phenoxy) is 1. The number of aliphatic hydroxyl groups is 2. The third kappa shape index (κ3) is 11.2. The Morgan fingerprint density at radius 3 is 1.68 bits per heavy atom. The number of rotatable bonds is 18. The summed E-state index contributed by atoms with van der Waals surface area (Å²) in [6, 6.07) is 0. The standard InChI is InChI=1S/C19H36O6/c1-2-3-4-5-6-7-8-9-10-11-12-13-14-15-17(21)19(24,18(22)23)25-16-20/h16-17,21,24H,2-15H2,1H3,(H,22,23). The van der Waals surface area contributed by atoms with Crippen molar-refractivity contribution in [2.24, 2.45) is 0 Å². The van der Waals surface area contributed by atoms with Gasteiger partial charge in [0.05, 0.1) is 0 Å². The van der Waals surface area contributed by atoms with Gasteiger partial charge in [0, 0.05) is 0 Å². The number of unbranched alkanes of at least 4 members (excludes halogenated alkanes) is 12. The molecule has 0 fully saturated rings. The lowest BCUT2D eigenvalue weighted by molar-refractivity contribution is -0.245. The number of hydrogen-bond donors (Lipinski definition) is 3. The van der Waals surface area contributed by atoms with E-state index >= 15 is 0 Å². The minimum atomic E-state index is -2.85. The Hall–Kier alpha value is -1.14. The van der Waals surface area contributed by atoms with Crippen molar-refractivity contribution in [2.45, 2.75) is 109 Å². The van der Waals surface area contributed by atoms with Crippen molar-refractivity contribution in [3.63, 3.8) is 0 Å². The summed E-state index contributed by atoms with van der Waals surface area (Å²) in [4.78, 5) is 21.2. The first-order chi connectivity index (χ1) is 12.0. The van der Waals surface area contributed by atoms with E-state index in [0.717, 1.165) is 19.3 Å². The Balaban J connectivity index is 3.54. The Morgan fingerprint density at radius 1 is 0.920 bits per heavy atom. The van der Waals surface area contributed by atoms with E-state index in [9.17, 15) is 19.8 Å². The van der Waals surface area contributed by atoms with Gasteiger partial charge in [-0.05, 0) is 6.42 Å². The molecule has 0 rings (SSSR count). The Kier molecular flexibility index (Phi) is 14.5. The lowest BCUT2D eigenvalue weighted by Gasteiger charge is -2.26. The predicted molar refractivity (Wildman–Crippen MR) is 96.1 cm³/mol. The molecule has 0 aliphatic carbocycles. The lowest BCUT2D eigenvalue weighted by atomic mass is 10.0. The first-order valence-corrected chi connectivity index (χ1v) is 9.74.